The van der Waals surface area contributed by atoms with Crippen LogP contribution in [0.25, 0.3) is 22.4 Å². The highest BCUT2D eigenvalue weighted by molar-refractivity contribution is 7.15. The van der Waals surface area contributed by atoms with Crippen LogP contribution in [-0.4, -0.2) is 21.2 Å². The van der Waals surface area contributed by atoms with Gasteiger partial charge in [0.15, 0.2) is 5.82 Å². The van der Waals surface area contributed by atoms with Crippen LogP contribution in [0.15, 0.2) is 59.4 Å². The van der Waals surface area contributed by atoms with E-state index in [2.05, 4.69) is 10.2 Å². The quantitative estimate of drug-likeness (QED) is 0.568. The van der Waals surface area contributed by atoms with Gasteiger partial charge in [0.1, 0.15) is 5.75 Å². The van der Waals surface area contributed by atoms with Crippen LogP contribution in [0.4, 0.5) is 0 Å². The molecule has 0 saturated heterocycles. The molecular formula is C19H15N3O2S. The van der Waals surface area contributed by atoms with Gasteiger partial charge >= 0.3 is 0 Å². The van der Waals surface area contributed by atoms with Crippen LogP contribution in [0.3, 0.4) is 0 Å². The molecule has 0 atom stereocenters. The molecule has 0 radical (unpaired) electrons. The largest absolute Gasteiger partial charge is 0.493 e. The lowest BCUT2D eigenvalue weighted by Gasteiger charge is -2.05. The Labute approximate surface area is 147 Å². The van der Waals surface area contributed by atoms with E-state index in [-0.39, 0.29) is 5.56 Å². The summed E-state index contributed by atoms with van der Waals surface area (Å²) in [5, 5.41) is 8.32. The Balaban J connectivity index is 1.90. The summed E-state index contributed by atoms with van der Waals surface area (Å²) in [6.45, 7) is 2.51. The Kier molecular flexibility index (Phi) is 4.03. The molecule has 0 bridgehead atoms. The lowest BCUT2D eigenvalue weighted by Crippen LogP contribution is -2.23. The summed E-state index contributed by atoms with van der Waals surface area (Å²) in [6, 6.07) is 17.3. The second-order valence-electron chi connectivity index (χ2n) is 5.39. The van der Waals surface area contributed by atoms with Gasteiger partial charge in [-0.15, -0.1) is 10.2 Å². The van der Waals surface area contributed by atoms with Crippen molar-refractivity contribution in [1.29, 1.82) is 0 Å². The van der Waals surface area contributed by atoms with Crippen LogP contribution >= 0.6 is 11.3 Å². The van der Waals surface area contributed by atoms with Gasteiger partial charge in [-0.1, -0.05) is 59.9 Å². The van der Waals surface area contributed by atoms with Crippen molar-refractivity contribution in [2.24, 2.45) is 0 Å². The molecule has 0 aliphatic rings. The molecule has 0 unspecified atom stereocenters. The van der Waals surface area contributed by atoms with Crippen LogP contribution in [0.5, 0.6) is 5.75 Å². The first-order valence-electron chi connectivity index (χ1n) is 7.95. The molecule has 4 rings (SSSR count). The summed E-state index contributed by atoms with van der Waals surface area (Å²) in [7, 11) is 0. The zero-order valence-electron chi connectivity index (χ0n) is 13.5. The molecule has 0 aliphatic heterocycles. The molecule has 2 heterocycles. The van der Waals surface area contributed by atoms with E-state index in [0.717, 1.165) is 16.9 Å². The number of benzene rings is 2. The van der Waals surface area contributed by atoms with Crippen molar-refractivity contribution in [2.75, 3.05) is 6.61 Å². The third-order valence-corrected chi connectivity index (χ3v) is 4.75. The molecule has 6 heteroatoms. The number of rotatable bonds is 4. The minimum absolute atomic E-state index is 0.116. The molecule has 0 N–H and O–H groups in total. The van der Waals surface area contributed by atoms with E-state index >= 15 is 0 Å². The van der Waals surface area contributed by atoms with E-state index in [1.807, 2.05) is 67.6 Å². The summed E-state index contributed by atoms with van der Waals surface area (Å²) < 4.78 is 7.80. The number of fused-ring (bicyclic) bond motifs is 1. The number of ether oxygens (including phenoxy) is 1. The maximum absolute atomic E-state index is 12.9. The van der Waals surface area contributed by atoms with Crippen LogP contribution in [0, 0.1) is 0 Å². The smallest absolute Gasteiger partial charge is 0.276 e. The third-order valence-electron chi connectivity index (χ3n) is 3.79. The third kappa shape index (κ3) is 2.81. The van der Waals surface area contributed by atoms with Crippen molar-refractivity contribution in [2.45, 2.75) is 6.92 Å². The average molecular weight is 349 g/mol. The Morgan fingerprint density at radius 1 is 1.08 bits per heavy atom. The van der Waals surface area contributed by atoms with Gasteiger partial charge in [-0.3, -0.25) is 4.79 Å². The van der Waals surface area contributed by atoms with Crippen molar-refractivity contribution in [3.8, 4) is 17.1 Å². The summed E-state index contributed by atoms with van der Waals surface area (Å²) in [4.78, 5) is 13.5. The molecular weight excluding hydrogens is 334 g/mol. The molecule has 0 fully saturated rings. The number of hydrogen-bond acceptors (Lipinski definition) is 5. The fourth-order valence-electron chi connectivity index (χ4n) is 2.66. The molecule has 25 heavy (non-hydrogen) atoms. The number of para-hydroxylation sites is 1. The van der Waals surface area contributed by atoms with Crippen molar-refractivity contribution in [3.05, 3.63) is 75.0 Å². The summed E-state index contributed by atoms with van der Waals surface area (Å²) >= 11 is 1.33. The molecule has 0 spiro atoms. The first-order chi connectivity index (χ1) is 12.3. The predicted octanol–water partition coefficient (Wildman–Crippen LogP) is 2.76. The fraction of sp³-hybridized carbons (Fsp3) is 0.105. The van der Waals surface area contributed by atoms with Crippen molar-refractivity contribution in [3.63, 3.8) is 0 Å². The Morgan fingerprint density at radius 3 is 2.64 bits per heavy atom. The minimum atomic E-state index is -0.116. The number of aromatic nitrogens is 3. The zero-order chi connectivity index (χ0) is 17.2. The number of nitrogens with zero attached hydrogens (tertiary/aromatic N) is 3. The molecule has 0 saturated carbocycles. The standard InChI is InChI=1S/C19H15N3O2S/c1-2-24-15-11-7-6-10-14(15)12-16-18(23)22-17(20-21-19(22)25-16)13-8-4-3-5-9-13/h3-12H,2H2,1H3/b16-12+. The van der Waals surface area contributed by atoms with E-state index in [1.54, 1.807) is 4.40 Å². The van der Waals surface area contributed by atoms with Crippen LogP contribution in [-0.2, 0) is 0 Å². The molecule has 5 nitrogen and oxygen atoms in total. The molecule has 2 aromatic carbocycles. The maximum Gasteiger partial charge on any atom is 0.276 e. The Hall–Kier alpha value is -2.99. The monoisotopic (exact) mass is 349 g/mol. The Morgan fingerprint density at radius 2 is 1.84 bits per heavy atom. The lowest BCUT2D eigenvalue weighted by molar-refractivity contribution is 0.339. The lowest BCUT2D eigenvalue weighted by atomic mass is 10.2. The highest BCUT2D eigenvalue weighted by Gasteiger charge is 2.14. The molecule has 124 valence electrons. The second kappa shape index (κ2) is 6.49. The summed E-state index contributed by atoms with van der Waals surface area (Å²) in [5.74, 6) is 1.33. The van der Waals surface area contributed by atoms with E-state index in [9.17, 15) is 4.79 Å². The van der Waals surface area contributed by atoms with Crippen LogP contribution in [0.2, 0.25) is 0 Å². The topological polar surface area (TPSA) is 56.5 Å². The van der Waals surface area contributed by atoms with Gasteiger partial charge < -0.3 is 4.74 Å². The van der Waals surface area contributed by atoms with E-state index < -0.39 is 0 Å². The molecule has 0 aliphatic carbocycles. The second-order valence-corrected chi connectivity index (χ2v) is 6.40. The average Bonchev–Trinajstić information content (AvgIpc) is 3.19. The Bertz CT molecular complexity index is 1130. The fourth-order valence-corrected chi connectivity index (χ4v) is 3.57. The maximum atomic E-state index is 12.9. The highest BCUT2D eigenvalue weighted by atomic mass is 32.1. The van der Waals surface area contributed by atoms with E-state index in [4.69, 9.17) is 4.74 Å². The first kappa shape index (κ1) is 15.5. The van der Waals surface area contributed by atoms with Crippen molar-refractivity contribution in [1.82, 2.24) is 14.6 Å². The highest BCUT2D eigenvalue weighted by Crippen LogP contribution is 2.20. The van der Waals surface area contributed by atoms with Gasteiger partial charge in [0.25, 0.3) is 5.56 Å². The van der Waals surface area contributed by atoms with Gasteiger partial charge in [-0.05, 0) is 19.1 Å². The number of hydrogen-bond donors (Lipinski definition) is 0. The van der Waals surface area contributed by atoms with Crippen molar-refractivity contribution < 1.29 is 4.74 Å². The van der Waals surface area contributed by atoms with Crippen LogP contribution < -0.4 is 14.8 Å². The first-order valence-corrected chi connectivity index (χ1v) is 8.76. The van der Waals surface area contributed by atoms with Gasteiger partial charge in [0.2, 0.25) is 4.96 Å². The van der Waals surface area contributed by atoms with Gasteiger partial charge in [-0.25, -0.2) is 4.40 Å². The summed E-state index contributed by atoms with van der Waals surface area (Å²) in [6.07, 6.45) is 1.85. The van der Waals surface area contributed by atoms with Gasteiger partial charge in [0, 0.05) is 11.1 Å². The summed E-state index contributed by atoms with van der Waals surface area (Å²) in [5.41, 5.74) is 1.63. The number of thiazole rings is 1. The SMILES string of the molecule is CCOc1ccccc1/C=c1/sc2nnc(-c3ccccc3)n2c1=O. The zero-order valence-corrected chi connectivity index (χ0v) is 14.4. The normalized spacial score (nSPS) is 12.0. The van der Waals surface area contributed by atoms with E-state index in [1.165, 1.54) is 11.3 Å². The molecule has 0 amide bonds. The predicted molar refractivity (Wildman–Crippen MR) is 99.0 cm³/mol. The van der Waals surface area contributed by atoms with E-state index in [0.29, 0.717) is 21.9 Å². The van der Waals surface area contributed by atoms with Gasteiger partial charge in [0.05, 0.1) is 11.1 Å². The van der Waals surface area contributed by atoms with Crippen LogP contribution in [0.1, 0.15) is 12.5 Å². The molecule has 4 aromatic rings. The van der Waals surface area contributed by atoms with Gasteiger partial charge in [-0.2, -0.15) is 0 Å². The molecule has 2 aromatic heterocycles. The van der Waals surface area contributed by atoms with Crippen molar-refractivity contribution >= 4 is 22.4 Å². The minimum Gasteiger partial charge on any atom is -0.493 e.